The van der Waals surface area contributed by atoms with Gasteiger partial charge in [0.05, 0.1) is 27.6 Å². The number of pyridine rings is 1. The first-order valence-electron chi connectivity index (χ1n) is 8.32. The van der Waals surface area contributed by atoms with Gasteiger partial charge in [0.15, 0.2) is 4.80 Å². The Bertz CT molecular complexity index is 941. The van der Waals surface area contributed by atoms with Crippen LogP contribution in [0.5, 0.6) is 0 Å². The number of nitrogens with zero attached hydrogens (tertiary/aromatic N) is 3. The molecule has 1 saturated carbocycles. The first kappa shape index (κ1) is 16.8. The molecule has 0 unspecified atom stereocenters. The van der Waals surface area contributed by atoms with Crippen LogP contribution in [0.25, 0.3) is 11.3 Å². The van der Waals surface area contributed by atoms with Crippen molar-refractivity contribution in [2.24, 2.45) is 4.99 Å². The molecule has 0 saturated heterocycles. The summed E-state index contributed by atoms with van der Waals surface area (Å²) in [6, 6.07) is 10.2. The van der Waals surface area contributed by atoms with Crippen LogP contribution >= 0.6 is 34.5 Å². The summed E-state index contributed by atoms with van der Waals surface area (Å²) in [6.45, 7) is 0. The summed E-state index contributed by atoms with van der Waals surface area (Å²) in [4.78, 5) is 10.00. The molecule has 0 bridgehead atoms. The van der Waals surface area contributed by atoms with Crippen LogP contribution < -0.4 is 4.80 Å². The lowest BCUT2D eigenvalue weighted by Gasteiger charge is -2.16. The highest BCUT2D eigenvalue weighted by Gasteiger charge is 2.21. The molecule has 3 aromatic rings. The smallest absolute Gasteiger partial charge is 0.190 e. The number of halogens is 2. The second kappa shape index (κ2) is 7.32. The van der Waals surface area contributed by atoms with Crippen molar-refractivity contribution in [2.45, 2.75) is 31.7 Å². The Balaban J connectivity index is 1.87. The number of benzene rings is 1. The van der Waals surface area contributed by atoms with E-state index in [1.807, 2.05) is 30.3 Å². The zero-order valence-corrected chi connectivity index (χ0v) is 15.9. The molecule has 0 N–H and O–H groups in total. The zero-order chi connectivity index (χ0) is 17.2. The highest BCUT2D eigenvalue weighted by Crippen LogP contribution is 2.35. The van der Waals surface area contributed by atoms with E-state index in [2.05, 4.69) is 14.9 Å². The summed E-state index contributed by atoms with van der Waals surface area (Å²) < 4.78 is 2.37. The van der Waals surface area contributed by atoms with Crippen LogP contribution in [-0.2, 0) is 0 Å². The van der Waals surface area contributed by atoms with E-state index < -0.39 is 0 Å². The summed E-state index contributed by atoms with van der Waals surface area (Å²) in [5, 5.41) is 3.31. The second-order valence-corrected chi connectivity index (χ2v) is 7.81. The maximum atomic E-state index is 6.24. The average molecular weight is 390 g/mol. The second-order valence-electron chi connectivity index (χ2n) is 6.16. The Hall–Kier alpha value is -1.62. The van der Waals surface area contributed by atoms with Crippen LogP contribution in [0.15, 0.2) is 53.1 Å². The molecule has 0 radical (unpaired) electrons. The van der Waals surface area contributed by atoms with E-state index in [1.54, 1.807) is 23.7 Å². The summed E-state index contributed by atoms with van der Waals surface area (Å²) in [5.41, 5.74) is 3.10. The lowest BCUT2D eigenvalue weighted by molar-refractivity contribution is 0.512. The van der Waals surface area contributed by atoms with Crippen molar-refractivity contribution in [1.82, 2.24) is 9.55 Å². The lowest BCUT2D eigenvalue weighted by atomic mass is 10.1. The Morgan fingerprint density at radius 3 is 2.68 bits per heavy atom. The highest BCUT2D eigenvalue weighted by atomic mass is 35.5. The van der Waals surface area contributed by atoms with E-state index in [0.717, 1.165) is 21.7 Å². The minimum absolute atomic E-state index is 0.478. The fourth-order valence-corrected chi connectivity index (χ4v) is 4.60. The summed E-state index contributed by atoms with van der Waals surface area (Å²) in [6.07, 6.45) is 8.45. The van der Waals surface area contributed by atoms with Crippen molar-refractivity contribution < 1.29 is 0 Å². The minimum Gasteiger partial charge on any atom is -0.313 e. The SMILES string of the molecule is Clc1ccc(-c2csc(=Nc3cccnc3)n2C2CCCC2)cc1Cl. The van der Waals surface area contributed by atoms with Crippen LogP contribution in [0.3, 0.4) is 0 Å². The largest absolute Gasteiger partial charge is 0.313 e. The van der Waals surface area contributed by atoms with Gasteiger partial charge in [-0.15, -0.1) is 11.3 Å². The molecule has 25 heavy (non-hydrogen) atoms. The third-order valence-corrected chi connectivity index (χ3v) is 6.10. The minimum atomic E-state index is 0.478. The first-order chi connectivity index (χ1) is 12.2. The Morgan fingerprint density at radius 1 is 1.12 bits per heavy atom. The van der Waals surface area contributed by atoms with Crippen molar-refractivity contribution in [2.75, 3.05) is 0 Å². The van der Waals surface area contributed by atoms with Gasteiger partial charge in [-0.2, -0.15) is 0 Å². The van der Waals surface area contributed by atoms with Crippen LogP contribution in [0.1, 0.15) is 31.7 Å². The van der Waals surface area contributed by atoms with Crippen LogP contribution in [0.2, 0.25) is 10.0 Å². The van der Waals surface area contributed by atoms with Crippen molar-refractivity contribution in [3.63, 3.8) is 0 Å². The van der Waals surface area contributed by atoms with Crippen molar-refractivity contribution in [1.29, 1.82) is 0 Å². The van der Waals surface area contributed by atoms with Gasteiger partial charge in [-0.3, -0.25) is 4.98 Å². The van der Waals surface area contributed by atoms with E-state index in [9.17, 15) is 0 Å². The fraction of sp³-hybridized carbons (Fsp3) is 0.263. The number of thiazole rings is 1. The third-order valence-electron chi connectivity index (χ3n) is 4.52. The van der Waals surface area contributed by atoms with Crippen molar-refractivity contribution in [3.8, 4) is 11.3 Å². The van der Waals surface area contributed by atoms with Crippen molar-refractivity contribution in [3.05, 3.63) is 63.0 Å². The lowest BCUT2D eigenvalue weighted by Crippen LogP contribution is -2.19. The monoisotopic (exact) mass is 389 g/mol. The molecule has 1 aliphatic rings. The summed E-state index contributed by atoms with van der Waals surface area (Å²) >= 11 is 14.0. The molecule has 1 fully saturated rings. The molecule has 3 nitrogen and oxygen atoms in total. The number of aromatic nitrogens is 2. The van der Waals surface area contributed by atoms with E-state index >= 15 is 0 Å². The van der Waals surface area contributed by atoms with Crippen LogP contribution in [0, 0.1) is 0 Å². The van der Waals surface area contributed by atoms with Crippen LogP contribution in [-0.4, -0.2) is 9.55 Å². The van der Waals surface area contributed by atoms with E-state index in [-0.39, 0.29) is 0 Å². The molecular formula is C19H17Cl2N3S. The third kappa shape index (κ3) is 3.52. The van der Waals surface area contributed by atoms with Gasteiger partial charge < -0.3 is 4.57 Å². The maximum absolute atomic E-state index is 6.24. The molecule has 0 amide bonds. The molecule has 1 aromatic carbocycles. The number of hydrogen-bond donors (Lipinski definition) is 0. The van der Waals surface area contributed by atoms with Gasteiger partial charge in [0.2, 0.25) is 0 Å². The van der Waals surface area contributed by atoms with Crippen LogP contribution in [0.4, 0.5) is 5.69 Å². The normalized spacial score (nSPS) is 15.8. The maximum Gasteiger partial charge on any atom is 0.190 e. The van der Waals surface area contributed by atoms with Gasteiger partial charge in [-0.1, -0.05) is 42.1 Å². The predicted molar refractivity (Wildman–Crippen MR) is 105 cm³/mol. The molecule has 0 atom stereocenters. The molecule has 0 aliphatic heterocycles. The van der Waals surface area contributed by atoms with Gasteiger partial charge >= 0.3 is 0 Å². The molecular weight excluding hydrogens is 373 g/mol. The Labute approximate surface area is 160 Å². The van der Waals surface area contributed by atoms with Gasteiger partial charge in [0.25, 0.3) is 0 Å². The Morgan fingerprint density at radius 2 is 1.96 bits per heavy atom. The molecule has 2 heterocycles. The summed E-state index contributed by atoms with van der Waals surface area (Å²) in [7, 11) is 0. The topological polar surface area (TPSA) is 30.2 Å². The van der Waals surface area contributed by atoms with E-state index in [1.165, 1.54) is 25.7 Å². The predicted octanol–water partition coefficient (Wildman–Crippen LogP) is 6.27. The standard InChI is InChI=1S/C19H17Cl2N3S/c20-16-8-7-13(10-17(16)21)18-12-25-19(23-14-4-3-9-22-11-14)24(18)15-5-1-2-6-15/h3-4,7-12,15H,1-2,5-6H2. The Kier molecular flexibility index (Phi) is 4.93. The zero-order valence-electron chi connectivity index (χ0n) is 13.5. The highest BCUT2D eigenvalue weighted by molar-refractivity contribution is 7.07. The molecule has 4 rings (SSSR count). The van der Waals surface area contributed by atoms with E-state index in [4.69, 9.17) is 28.2 Å². The molecule has 128 valence electrons. The molecule has 2 aromatic heterocycles. The molecule has 1 aliphatic carbocycles. The number of hydrogen-bond acceptors (Lipinski definition) is 3. The number of rotatable bonds is 3. The summed E-state index contributed by atoms with van der Waals surface area (Å²) in [5.74, 6) is 0. The quantitative estimate of drug-likeness (QED) is 0.519. The van der Waals surface area contributed by atoms with E-state index in [0.29, 0.717) is 16.1 Å². The van der Waals surface area contributed by atoms with Gasteiger partial charge in [-0.25, -0.2) is 4.99 Å². The van der Waals surface area contributed by atoms with Gasteiger partial charge in [-0.05, 0) is 37.1 Å². The molecule has 6 heteroatoms. The molecule has 0 spiro atoms. The average Bonchev–Trinajstić information content (AvgIpc) is 3.28. The van der Waals surface area contributed by atoms with Crippen molar-refractivity contribution >= 4 is 40.2 Å². The van der Waals surface area contributed by atoms with Gasteiger partial charge in [0, 0.05) is 23.2 Å². The first-order valence-corrected chi connectivity index (χ1v) is 9.96. The fourth-order valence-electron chi connectivity index (χ4n) is 3.31. The van der Waals surface area contributed by atoms with Gasteiger partial charge in [0.1, 0.15) is 0 Å².